The first-order chi connectivity index (χ1) is 12.0. The minimum atomic E-state index is -5.65. The van der Waals surface area contributed by atoms with Crippen molar-refractivity contribution in [1.29, 1.82) is 0 Å². The lowest BCUT2D eigenvalue weighted by atomic mass is 9.98. The van der Waals surface area contributed by atoms with Crippen LogP contribution in [-0.2, 0) is 12.6 Å². The van der Waals surface area contributed by atoms with E-state index in [1.54, 1.807) is 0 Å². The summed E-state index contributed by atoms with van der Waals surface area (Å²) in [5.74, 6) is -4.88. The van der Waals surface area contributed by atoms with Gasteiger partial charge in [0, 0.05) is 0 Å². The number of benzene rings is 1. The first-order valence-corrected chi connectivity index (χ1v) is 7.93. The molecule has 6 nitrogen and oxygen atoms in total. The molecule has 0 unspecified atom stereocenters. The molecule has 0 aromatic heterocycles. The van der Waals surface area contributed by atoms with Gasteiger partial charge in [-0.05, 0) is 12.8 Å². The van der Waals surface area contributed by atoms with E-state index < -0.39 is 56.6 Å². The molecule has 26 heavy (non-hydrogen) atoms. The Kier molecular flexibility index (Phi) is 7.40. The minimum absolute atomic E-state index is 0.121. The Bertz CT molecular complexity index is 651. The van der Waals surface area contributed by atoms with Gasteiger partial charge in [0.25, 0.3) is 0 Å². The lowest BCUT2D eigenvalue weighted by Gasteiger charge is -2.13. The summed E-state index contributed by atoms with van der Waals surface area (Å²) in [6, 6.07) is 0. The highest BCUT2D eigenvalue weighted by Gasteiger charge is 2.47. The van der Waals surface area contributed by atoms with E-state index in [1.165, 1.54) is 0 Å². The van der Waals surface area contributed by atoms with Crippen LogP contribution in [0.1, 0.15) is 56.6 Å². The Hall–Kier alpha value is -2.33. The molecule has 1 aromatic carbocycles. The van der Waals surface area contributed by atoms with Gasteiger partial charge in [-0.25, -0.2) is 0 Å². The molecule has 0 bridgehead atoms. The van der Waals surface area contributed by atoms with Crippen LogP contribution in [0.25, 0.3) is 0 Å². The molecule has 0 fully saturated rings. The molecule has 0 atom stereocenters. The molecule has 0 aliphatic rings. The molecule has 0 heterocycles. The Balaban J connectivity index is 3.39. The van der Waals surface area contributed by atoms with E-state index in [0.717, 1.165) is 19.3 Å². The molecule has 11 heteroatoms. The zero-order valence-corrected chi connectivity index (χ0v) is 13.9. The average Bonchev–Trinajstić information content (AvgIpc) is 2.48. The van der Waals surface area contributed by atoms with Crippen LogP contribution in [-0.4, -0.2) is 9.85 Å². The largest absolute Gasteiger partial charge is 0.422 e. The van der Waals surface area contributed by atoms with Gasteiger partial charge < -0.3 is 0 Å². The summed E-state index contributed by atoms with van der Waals surface area (Å²) < 4.78 is 66.6. The first-order valence-electron chi connectivity index (χ1n) is 7.93. The zero-order valence-electron chi connectivity index (χ0n) is 13.9. The highest BCUT2D eigenvalue weighted by Crippen LogP contribution is 2.44. The van der Waals surface area contributed by atoms with Gasteiger partial charge in [0.15, 0.2) is 0 Å². The predicted molar refractivity (Wildman–Crippen MR) is 81.7 cm³/mol. The third-order valence-corrected chi connectivity index (χ3v) is 3.86. The normalized spacial score (nSPS) is 11.6. The first kappa shape index (κ1) is 21.7. The molecule has 0 spiro atoms. The Labute approximate surface area is 145 Å². The third-order valence-electron chi connectivity index (χ3n) is 3.86. The van der Waals surface area contributed by atoms with Crippen LogP contribution in [0.2, 0.25) is 0 Å². The van der Waals surface area contributed by atoms with E-state index in [-0.39, 0.29) is 6.42 Å². The number of alkyl halides is 3. The topological polar surface area (TPSA) is 86.3 Å². The van der Waals surface area contributed by atoms with Crippen molar-refractivity contribution in [3.05, 3.63) is 43.0 Å². The maximum absolute atomic E-state index is 14.0. The molecule has 0 aliphatic heterocycles. The highest BCUT2D eigenvalue weighted by atomic mass is 19.4. The summed E-state index contributed by atoms with van der Waals surface area (Å²) >= 11 is 0. The van der Waals surface area contributed by atoms with E-state index in [0.29, 0.717) is 12.8 Å². The number of hydrogen-bond acceptors (Lipinski definition) is 4. The number of halogens is 5. The second-order valence-electron chi connectivity index (χ2n) is 5.71. The number of unbranched alkanes of at least 4 members (excludes halogenated alkanes) is 5. The number of rotatable bonds is 9. The molecule has 0 N–H and O–H groups in total. The number of nitro groups is 2. The maximum Gasteiger partial charge on any atom is 0.422 e. The van der Waals surface area contributed by atoms with Crippen LogP contribution in [0.4, 0.5) is 33.3 Å². The zero-order chi connectivity index (χ0) is 20.1. The van der Waals surface area contributed by atoms with Crippen molar-refractivity contribution >= 4 is 11.4 Å². The van der Waals surface area contributed by atoms with E-state index >= 15 is 0 Å². The summed E-state index contributed by atoms with van der Waals surface area (Å²) in [5.41, 5.74) is -6.97. The van der Waals surface area contributed by atoms with E-state index in [2.05, 4.69) is 0 Å². The molecular formula is C15H17F5N2O4. The molecule has 1 aromatic rings. The number of nitrogens with zero attached hydrogens (tertiary/aromatic N) is 2. The lowest BCUT2D eigenvalue weighted by Crippen LogP contribution is -2.17. The van der Waals surface area contributed by atoms with Crippen LogP contribution in [0.5, 0.6) is 0 Å². The SMILES string of the molecule is CCCCCCCCc1c([N+](=O)[O-])c(F)c(C(F)(F)F)c(F)c1[N+](=O)[O-]. The number of hydrogen-bond donors (Lipinski definition) is 0. The van der Waals surface area contributed by atoms with E-state index in [1.807, 2.05) is 6.92 Å². The minimum Gasteiger partial charge on any atom is -0.258 e. The summed E-state index contributed by atoms with van der Waals surface area (Å²) in [6.45, 7) is 1.97. The van der Waals surface area contributed by atoms with E-state index in [4.69, 9.17) is 0 Å². The highest BCUT2D eigenvalue weighted by molar-refractivity contribution is 5.59. The molecule has 0 saturated heterocycles. The molecule has 1 rings (SSSR count). The number of nitro benzene ring substituents is 2. The second kappa shape index (κ2) is 8.86. The maximum atomic E-state index is 14.0. The molecule has 0 saturated carbocycles. The van der Waals surface area contributed by atoms with Gasteiger partial charge >= 0.3 is 17.6 Å². The summed E-state index contributed by atoms with van der Waals surface area (Å²) in [4.78, 5) is 19.1. The van der Waals surface area contributed by atoms with Crippen molar-refractivity contribution in [2.45, 2.75) is 58.0 Å². The van der Waals surface area contributed by atoms with Crippen LogP contribution < -0.4 is 0 Å². The second-order valence-corrected chi connectivity index (χ2v) is 5.71. The van der Waals surface area contributed by atoms with Gasteiger partial charge in [0.1, 0.15) is 11.1 Å². The van der Waals surface area contributed by atoms with E-state index in [9.17, 15) is 42.2 Å². The van der Waals surface area contributed by atoms with Gasteiger partial charge in [0.2, 0.25) is 11.6 Å². The Morgan fingerprint density at radius 3 is 1.65 bits per heavy atom. The van der Waals surface area contributed by atoms with Crippen LogP contribution >= 0.6 is 0 Å². The fourth-order valence-corrected chi connectivity index (χ4v) is 2.66. The van der Waals surface area contributed by atoms with Crippen molar-refractivity contribution in [3.63, 3.8) is 0 Å². The quantitative estimate of drug-likeness (QED) is 0.236. The Morgan fingerprint density at radius 1 is 0.846 bits per heavy atom. The van der Waals surface area contributed by atoms with Crippen LogP contribution in [0.15, 0.2) is 0 Å². The average molecular weight is 384 g/mol. The predicted octanol–water partition coefficient (Wildman–Crippen LogP) is 5.70. The van der Waals surface area contributed by atoms with Crippen LogP contribution in [0, 0.1) is 31.9 Å². The standard InChI is InChI=1S/C15H17F5N2O4/c1-2-3-4-5-6-7-8-9-13(21(23)24)11(16)10(15(18,19)20)12(17)14(9)22(25)26/h2-8H2,1H3. The molecule has 146 valence electrons. The van der Waals surface area contributed by atoms with Gasteiger partial charge in [0.05, 0.1) is 9.85 Å². The molecular weight excluding hydrogens is 367 g/mol. The molecule has 0 aliphatic carbocycles. The third kappa shape index (κ3) is 4.85. The lowest BCUT2D eigenvalue weighted by molar-refractivity contribution is -0.399. The van der Waals surface area contributed by atoms with Crippen molar-refractivity contribution in [2.75, 3.05) is 0 Å². The van der Waals surface area contributed by atoms with Gasteiger partial charge in [-0.1, -0.05) is 39.0 Å². The summed E-state index contributed by atoms with van der Waals surface area (Å²) in [5, 5.41) is 22.1. The molecule has 0 amide bonds. The van der Waals surface area contributed by atoms with Crippen molar-refractivity contribution in [1.82, 2.24) is 0 Å². The van der Waals surface area contributed by atoms with Crippen LogP contribution in [0.3, 0.4) is 0 Å². The van der Waals surface area contributed by atoms with Crippen molar-refractivity contribution in [3.8, 4) is 0 Å². The monoisotopic (exact) mass is 384 g/mol. The smallest absolute Gasteiger partial charge is 0.258 e. The Morgan fingerprint density at radius 2 is 1.27 bits per heavy atom. The fourth-order valence-electron chi connectivity index (χ4n) is 2.66. The van der Waals surface area contributed by atoms with Crippen molar-refractivity contribution in [2.24, 2.45) is 0 Å². The summed E-state index contributed by atoms with van der Waals surface area (Å²) in [6.07, 6.45) is -2.10. The van der Waals surface area contributed by atoms with Gasteiger partial charge in [-0.15, -0.1) is 0 Å². The fraction of sp³-hybridized carbons (Fsp3) is 0.600. The van der Waals surface area contributed by atoms with Crippen molar-refractivity contribution < 1.29 is 31.8 Å². The van der Waals surface area contributed by atoms with Gasteiger partial charge in [-0.2, -0.15) is 22.0 Å². The summed E-state index contributed by atoms with van der Waals surface area (Å²) in [7, 11) is 0. The molecule has 0 radical (unpaired) electrons. The van der Waals surface area contributed by atoms with Gasteiger partial charge in [-0.3, -0.25) is 20.2 Å².